The van der Waals surface area contributed by atoms with Gasteiger partial charge in [0.05, 0.1) is 23.2 Å². The van der Waals surface area contributed by atoms with E-state index in [1.165, 1.54) is 18.2 Å². The molecule has 0 radical (unpaired) electrons. The molecule has 1 saturated carbocycles. The van der Waals surface area contributed by atoms with E-state index in [4.69, 9.17) is 4.98 Å². The minimum atomic E-state index is -0.0487. The first-order valence-electron chi connectivity index (χ1n) is 10.5. The predicted octanol–water partition coefficient (Wildman–Crippen LogP) is 4.86. The first-order valence-corrected chi connectivity index (χ1v) is 12.3. The normalized spacial score (nSPS) is 21.6. The minimum absolute atomic E-state index is 0.00745. The monoisotopic (exact) mass is 441 g/mol. The van der Waals surface area contributed by atoms with Crippen molar-refractivity contribution < 1.29 is 4.79 Å². The molecule has 3 atom stereocenters. The average molecular weight is 442 g/mol. The fourth-order valence-electron chi connectivity index (χ4n) is 4.22. The van der Waals surface area contributed by atoms with Crippen molar-refractivity contribution in [2.24, 2.45) is 11.8 Å². The first kappa shape index (κ1) is 21.1. The van der Waals surface area contributed by atoms with E-state index in [1.807, 2.05) is 46.3 Å². The Labute approximate surface area is 184 Å². The van der Waals surface area contributed by atoms with E-state index in [2.05, 4.69) is 19.2 Å². The van der Waals surface area contributed by atoms with Crippen LogP contribution in [0.2, 0.25) is 0 Å². The summed E-state index contributed by atoms with van der Waals surface area (Å²) in [5, 5.41) is 6.25. The Balaban J connectivity index is 1.60. The number of nitrogens with zero attached hydrogens (tertiary/aromatic N) is 2. The summed E-state index contributed by atoms with van der Waals surface area (Å²) >= 11 is 2.99. The molecule has 1 aliphatic rings. The lowest BCUT2D eigenvalue weighted by Crippen LogP contribution is -2.35. The second-order valence-electron chi connectivity index (χ2n) is 8.07. The maximum atomic E-state index is 13.4. The summed E-state index contributed by atoms with van der Waals surface area (Å²) in [7, 11) is 0. The molecule has 1 N–H and O–H groups in total. The lowest BCUT2D eigenvalue weighted by Gasteiger charge is -2.36. The number of thiophene rings is 1. The summed E-state index contributed by atoms with van der Waals surface area (Å²) < 4.78 is 1.87. The number of carbonyl (C=O) groups is 1. The van der Waals surface area contributed by atoms with E-state index in [-0.39, 0.29) is 23.3 Å². The second-order valence-corrected chi connectivity index (χ2v) is 10.0. The van der Waals surface area contributed by atoms with Crippen LogP contribution in [0.25, 0.3) is 10.9 Å². The number of amides is 1. The summed E-state index contributed by atoms with van der Waals surface area (Å²) in [5.41, 5.74) is 0.699. The van der Waals surface area contributed by atoms with Crippen LogP contribution < -0.4 is 10.9 Å². The highest BCUT2D eigenvalue weighted by Gasteiger charge is 2.31. The van der Waals surface area contributed by atoms with Crippen LogP contribution in [-0.2, 0) is 11.3 Å². The molecular weight excluding hydrogens is 414 g/mol. The Morgan fingerprint density at radius 2 is 2.07 bits per heavy atom. The number of aromatic nitrogens is 2. The highest BCUT2D eigenvalue weighted by atomic mass is 32.2. The van der Waals surface area contributed by atoms with Crippen LogP contribution in [-0.4, -0.2) is 21.2 Å². The maximum Gasteiger partial charge on any atom is 0.262 e. The molecule has 0 bridgehead atoms. The minimum Gasteiger partial charge on any atom is -0.350 e. The van der Waals surface area contributed by atoms with Gasteiger partial charge < -0.3 is 5.32 Å². The summed E-state index contributed by atoms with van der Waals surface area (Å²) in [6.07, 6.45) is 3.28. The van der Waals surface area contributed by atoms with Gasteiger partial charge in [-0.15, -0.1) is 11.3 Å². The van der Waals surface area contributed by atoms with E-state index in [1.54, 1.807) is 11.3 Å². The summed E-state index contributed by atoms with van der Waals surface area (Å²) in [5.74, 6) is 1.15. The fourth-order valence-corrected chi connectivity index (χ4v) is 5.75. The van der Waals surface area contributed by atoms with Crippen molar-refractivity contribution in [3.63, 3.8) is 0 Å². The number of hydrogen-bond donors (Lipinski definition) is 1. The van der Waals surface area contributed by atoms with Gasteiger partial charge in [-0.3, -0.25) is 14.2 Å². The smallest absolute Gasteiger partial charge is 0.262 e. The Morgan fingerprint density at radius 3 is 2.87 bits per heavy atom. The third kappa shape index (κ3) is 4.47. The van der Waals surface area contributed by atoms with Crippen LogP contribution in [0.3, 0.4) is 0 Å². The summed E-state index contributed by atoms with van der Waals surface area (Å²) in [6, 6.07) is 11.6. The van der Waals surface area contributed by atoms with Crippen LogP contribution in [0.1, 0.15) is 44.0 Å². The highest BCUT2D eigenvalue weighted by molar-refractivity contribution is 7.99. The number of carbonyl (C=O) groups excluding carboxylic acids is 1. The number of thioether (sulfide) groups is 1. The molecule has 0 spiro atoms. The van der Waals surface area contributed by atoms with E-state index < -0.39 is 0 Å². The third-order valence-corrected chi connectivity index (χ3v) is 7.97. The van der Waals surface area contributed by atoms with Crippen molar-refractivity contribution in [3.8, 4) is 0 Å². The number of rotatable bonds is 6. The topological polar surface area (TPSA) is 64.0 Å². The molecule has 2 heterocycles. The van der Waals surface area contributed by atoms with Crippen LogP contribution in [0, 0.1) is 11.8 Å². The Bertz CT molecular complexity index is 1080. The number of benzene rings is 1. The summed E-state index contributed by atoms with van der Waals surface area (Å²) in [4.78, 5) is 31.8. The van der Waals surface area contributed by atoms with Gasteiger partial charge in [-0.2, -0.15) is 0 Å². The van der Waals surface area contributed by atoms with Gasteiger partial charge in [0, 0.05) is 10.9 Å². The van der Waals surface area contributed by atoms with E-state index in [9.17, 15) is 9.59 Å². The van der Waals surface area contributed by atoms with Crippen molar-refractivity contribution in [2.75, 3.05) is 5.75 Å². The Kier molecular flexibility index (Phi) is 6.58. The molecule has 3 unspecified atom stereocenters. The van der Waals surface area contributed by atoms with Crippen molar-refractivity contribution in [2.45, 2.75) is 50.9 Å². The van der Waals surface area contributed by atoms with Gasteiger partial charge in [0.2, 0.25) is 5.91 Å². The molecule has 158 valence electrons. The molecule has 2 aromatic heterocycles. The van der Waals surface area contributed by atoms with Crippen molar-refractivity contribution >= 4 is 39.9 Å². The zero-order chi connectivity index (χ0) is 21.1. The van der Waals surface area contributed by atoms with Crippen molar-refractivity contribution in [1.29, 1.82) is 0 Å². The predicted molar refractivity (Wildman–Crippen MR) is 124 cm³/mol. The fraction of sp³-hybridized carbons (Fsp3) is 0.435. The second kappa shape index (κ2) is 9.35. The van der Waals surface area contributed by atoms with Gasteiger partial charge in [-0.1, -0.05) is 56.7 Å². The lowest BCUT2D eigenvalue weighted by atomic mass is 9.78. The zero-order valence-corrected chi connectivity index (χ0v) is 19.0. The van der Waals surface area contributed by atoms with Gasteiger partial charge in [0.1, 0.15) is 0 Å². The summed E-state index contributed by atoms with van der Waals surface area (Å²) in [6.45, 7) is 5.03. The van der Waals surface area contributed by atoms with E-state index >= 15 is 0 Å². The van der Waals surface area contributed by atoms with Gasteiger partial charge in [0.25, 0.3) is 5.56 Å². The Morgan fingerprint density at radius 1 is 1.23 bits per heavy atom. The van der Waals surface area contributed by atoms with Gasteiger partial charge >= 0.3 is 0 Å². The molecule has 1 fully saturated rings. The standard InChI is InChI=1S/C23H27N3O2S2/c1-15-7-5-11-20(16(15)2)26-22(28)18-9-3-4-10-19(18)25-23(26)30-14-21(27)24-13-17-8-6-12-29-17/h3-4,6,8-10,12,15-16,20H,5,7,11,13-14H2,1-2H3,(H,24,27). The van der Waals surface area contributed by atoms with Crippen molar-refractivity contribution in [1.82, 2.24) is 14.9 Å². The largest absolute Gasteiger partial charge is 0.350 e. The van der Waals surface area contributed by atoms with Crippen molar-refractivity contribution in [3.05, 3.63) is 57.0 Å². The molecule has 1 aliphatic carbocycles. The molecule has 0 saturated heterocycles. The third-order valence-electron chi connectivity index (χ3n) is 6.14. The maximum absolute atomic E-state index is 13.4. The highest BCUT2D eigenvalue weighted by Crippen LogP contribution is 2.38. The molecule has 0 aliphatic heterocycles. The zero-order valence-electron chi connectivity index (χ0n) is 17.3. The SMILES string of the molecule is CC1CCCC(n2c(SCC(=O)NCc3cccs3)nc3ccccc3c2=O)C1C. The molecule has 5 nitrogen and oxygen atoms in total. The molecule has 1 amide bonds. The van der Waals surface area contributed by atoms with E-state index in [0.29, 0.717) is 34.4 Å². The van der Waals surface area contributed by atoms with Crippen LogP contribution in [0.4, 0.5) is 0 Å². The number of para-hydroxylation sites is 1. The van der Waals surface area contributed by atoms with Crippen LogP contribution in [0.15, 0.2) is 51.7 Å². The number of fused-ring (bicyclic) bond motifs is 1. The quantitative estimate of drug-likeness (QED) is 0.438. The van der Waals surface area contributed by atoms with E-state index in [0.717, 1.165) is 17.7 Å². The molecule has 30 heavy (non-hydrogen) atoms. The van der Waals surface area contributed by atoms with Crippen LogP contribution in [0.5, 0.6) is 0 Å². The molecule has 7 heteroatoms. The lowest BCUT2D eigenvalue weighted by molar-refractivity contribution is -0.118. The van der Waals surface area contributed by atoms with Gasteiger partial charge in [-0.05, 0) is 41.8 Å². The van der Waals surface area contributed by atoms with Gasteiger partial charge in [-0.25, -0.2) is 4.98 Å². The van der Waals surface area contributed by atoms with Gasteiger partial charge in [0.15, 0.2) is 5.16 Å². The number of hydrogen-bond acceptors (Lipinski definition) is 5. The Hall–Kier alpha value is -2.12. The molecule has 1 aromatic carbocycles. The average Bonchev–Trinajstić information content (AvgIpc) is 3.27. The first-order chi connectivity index (χ1) is 14.5. The molecular formula is C23H27N3O2S2. The number of nitrogens with one attached hydrogen (secondary N) is 1. The van der Waals surface area contributed by atoms with Crippen LogP contribution >= 0.6 is 23.1 Å². The molecule has 4 rings (SSSR count). The molecule has 3 aromatic rings.